The van der Waals surface area contributed by atoms with E-state index in [2.05, 4.69) is 0 Å². The third-order valence-electron chi connectivity index (χ3n) is 5.18. The lowest BCUT2D eigenvalue weighted by Gasteiger charge is -2.23. The highest BCUT2D eigenvalue weighted by Gasteiger charge is 2.45. The molecule has 4 nitrogen and oxygen atoms in total. The van der Waals surface area contributed by atoms with Crippen molar-refractivity contribution in [2.24, 2.45) is 11.8 Å². The Balaban J connectivity index is 1.72. The van der Waals surface area contributed by atoms with Crippen LogP contribution in [0.1, 0.15) is 30.4 Å². The highest BCUT2D eigenvalue weighted by molar-refractivity contribution is 5.88. The zero-order valence-electron chi connectivity index (χ0n) is 14.7. The number of aliphatic carboxylic acids is 1. The van der Waals surface area contributed by atoms with Gasteiger partial charge < -0.3 is 10.0 Å². The molecular formula is C20H20F3NO3. The minimum atomic E-state index is -4.58. The molecule has 0 spiro atoms. The van der Waals surface area contributed by atoms with Gasteiger partial charge in [0, 0.05) is 25.7 Å². The van der Waals surface area contributed by atoms with Crippen molar-refractivity contribution in [2.75, 3.05) is 6.54 Å². The van der Waals surface area contributed by atoms with E-state index in [1.807, 2.05) is 23.3 Å². The number of Topliss-reactive ketones (excluding diaryl/α,β-unsaturated/α-hetero) is 1. The van der Waals surface area contributed by atoms with E-state index in [1.165, 1.54) is 12.1 Å². The molecule has 3 rings (SSSR count). The maximum absolute atomic E-state index is 13.0. The summed E-state index contributed by atoms with van der Waals surface area (Å²) in [7, 11) is 0. The molecule has 1 aliphatic carbocycles. The third kappa shape index (κ3) is 4.07. The number of rotatable bonds is 5. The predicted molar refractivity (Wildman–Crippen MR) is 92.8 cm³/mol. The fraction of sp³-hybridized carbons (Fsp3) is 0.400. The first-order valence-corrected chi connectivity index (χ1v) is 8.70. The van der Waals surface area contributed by atoms with Gasteiger partial charge in [-0.2, -0.15) is 13.2 Å². The van der Waals surface area contributed by atoms with Gasteiger partial charge >= 0.3 is 12.1 Å². The second-order valence-electron chi connectivity index (χ2n) is 7.07. The SMILES string of the molecule is CC(C(C(=O)O)c1ccc(CN2C=C3C=CCC(=O)C3C2)cc1)C(F)(F)F. The van der Waals surface area contributed by atoms with Gasteiger partial charge in [0.15, 0.2) is 0 Å². The molecule has 7 heteroatoms. The molecule has 0 saturated heterocycles. The van der Waals surface area contributed by atoms with Crippen molar-refractivity contribution in [3.63, 3.8) is 0 Å². The molecule has 0 radical (unpaired) electrons. The van der Waals surface area contributed by atoms with Crippen LogP contribution in [0, 0.1) is 11.8 Å². The van der Waals surface area contributed by atoms with E-state index in [0.717, 1.165) is 18.1 Å². The van der Waals surface area contributed by atoms with Gasteiger partial charge in [0.1, 0.15) is 5.78 Å². The number of nitrogens with zero attached hydrogens (tertiary/aromatic N) is 1. The zero-order chi connectivity index (χ0) is 19.8. The van der Waals surface area contributed by atoms with E-state index in [1.54, 1.807) is 12.1 Å². The fourth-order valence-electron chi connectivity index (χ4n) is 3.60. The van der Waals surface area contributed by atoms with E-state index in [4.69, 9.17) is 0 Å². The molecule has 1 aliphatic heterocycles. The summed E-state index contributed by atoms with van der Waals surface area (Å²) in [6.07, 6.45) is 1.58. The van der Waals surface area contributed by atoms with Gasteiger partial charge in [-0.05, 0) is 16.7 Å². The molecule has 27 heavy (non-hydrogen) atoms. The summed E-state index contributed by atoms with van der Waals surface area (Å²) < 4.78 is 38.9. The van der Waals surface area contributed by atoms with Crippen LogP contribution in [0.4, 0.5) is 13.2 Å². The van der Waals surface area contributed by atoms with E-state index < -0.39 is 24.0 Å². The number of carboxylic acids is 1. The number of hydrogen-bond acceptors (Lipinski definition) is 3. The summed E-state index contributed by atoms with van der Waals surface area (Å²) in [4.78, 5) is 25.3. The van der Waals surface area contributed by atoms with Crippen molar-refractivity contribution in [1.82, 2.24) is 4.90 Å². The first kappa shape index (κ1) is 19.2. The Bertz CT molecular complexity index is 796. The Hall–Kier alpha value is -2.57. The largest absolute Gasteiger partial charge is 0.481 e. The normalized spacial score (nSPS) is 21.6. The first-order chi connectivity index (χ1) is 12.7. The maximum atomic E-state index is 13.0. The topological polar surface area (TPSA) is 57.6 Å². The van der Waals surface area contributed by atoms with E-state index in [9.17, 15) is 27.9 Å². The minimum Gasteiger partial charge on any atom is -0.481 e. The van der Waals surface area contributed by atoms with Gasteiger partial charge in [0.2, 0.25) is 0 Å². The molecule has 0 amide bonds. The number of carbonyl (C=O) groups excluding carboxylic acids is 1. The molecule has 3 atom stereocenters. The quantitative estimate of drug-likeness (QED) is 0.843. The lowest BCUT2D eigenvalue weighted by molar-refractivity contribution is -0.183. The molecule has 3 unspecified atom stereocenters. The fourth-order valence-corrected chi connectivity index (χ4v) is 3.60. The number of ketones is 1. The number of allylic oxidation sites excluding steroid dienone is 2. The van der Waals surface area contributed by atoms with E-state index in [-0.39, 0.29) is 17.3 Å². The number of carbonyl (C=O) groups is 2. The van der Waals surface area contributed by atoms with E-state index >= 15 is 0 Å². The van der Waals surface area contributed by atoms with Crippen molar-refractivity contribution < 1.29 is 27.9 Å². The van der Waals surface area contributed by atoms with Crippen LogP contribution in [-0.4, -0.2) is 34.5 Å². The Kier molecular flexibility index (Phi) is 5.13. The lowest BCUT2D eigenvalue weighted by Crippen LogP contribution is -2.31. The monoisotopic (exact) mass is 379 g/mol. The molecule has 0 bridgehead atoms. The van der Waals surface area contributed by atoms with Crippen molar-refractivity contribution in [3.8, 4) is 0 Å². The van der Waals surface area contributed by atoms with Crippen molar-refractivity contribution in [1.29, 1.82) is 0 Å². The maximum Gasteiger partial charge on any atom is 0.392 e. The van der Waals surface area contributed by atoms with Crippen LogP contribution in [-0.2, 0) is 16.1 Å². The van der Waals surface area contributed by atoms with Crippen LogP contribution in [0.2, 0.25) is 0 Å². The average Bonchev–Trinajstić information content (AvgIpc) is 2.99. The molecule has 1 N–H and O–H groups in total. The van der Waals surface area contributed by atoms with Gasteiger partial charge in [-0.3, -0.25) is 9.59 Å². The van der Waals surface area contributed by atoms with Gasteiger partial charge in [-0.15, -0.1) is 0 Å². The number of benzene rings is 1. The summed E-state index contributed by atoms with van der Waals surface area (Å²) in [5.41, 5.74) is 1.95. The van der Waals surface area contributed by atoms with Crippen LogP contribution < -0.4 is 0 Å². The molecule has 0 saturated carbocycles. The van der Waals surface area contributed by atoms with Crippen LogP contribution in [0.5, 0.6) is 0 Å². The number of fused-ring (bicyclic) bond motifs is 1. The summed E-state index contributed by atoms with van der Waals surface area (Å²) >= 11 is 0. The number of halogens is 3. The average molecular weight is 379 g/mol. The number of carboxylic acid groups (broad SMARTS) is 1. The minimum absolute atomic E-state index is 0.113. The Morgan fingerprint density at radius 1 is 1.30 bits per heavy atom. The van der Waals surface area contributed by atoms with Crippen LogP contribution in [0.25, 0.3) is 0 Å². The third-order valence-corrected chi connectivity index (χ3v) is 5.18. The van der Waals surface area contributed by atoms with Crippen LogP contribution in [0.15, 0.2) is 48.2 Å². The molecule has 0 fully saturated rings. The molecular weight excluding hydrogens is 359 g/mol. The van der Waals surface area contributed by atoms with Gasteiger partial charge in [-0.1, -0.05) is 43.3 Å². The summed E-state index contributed by atoms with van der Waals surface area (Å²) in [6, 6.07) is 6.17. The second-order valence-corrected chi connectivity index (χ2v) is 7.07. The Morgan fingerprint density at radius 3 is 2.52 bits per heavy atom. The molecule has 1 aromatic rings. The zero-order valence-corrected chi connectivity index (χ0v) is 14.7. The summed E-state index contributed by atoms with van der Waals surface area (Å²) in [5, 5.41) is 9.25. The summed E-state index contributed by atoms with van der Waals surface area (Å²) in [5.74, 6) is -5.04. The highest BCUT2D eigenvalue weighted by atomic mass is 19.4. The smallest absolute Gasteiger partial charge is 0.392 e. The van der Waals surface area contributed by atoms with E-state index in [0.29, 0.717) is 19.5 Å². The first-order valence-electron chi connectivity index (χ1n) is 8.70. The molecule has 1 aromatic carbocycles. The summed E-state index contributed by atoms with van der Waals surface area (Å²) in [6.45, 7) is 1.98. The Morgan fingerprint density at radius 2 is 1.96 bits per heavy atom. The highest BCUT2D eigenvalue weighted by Crippen LogP contribution is 2.37. The second kappa shape index (κ2) is 7.21. The standard InChI is InChI=1S/C20H20F3NO3/c1-12(20(21,22)23)18(19(26)27)14-7-5-13(6-8-14)9-24-10-15-3-2-4-17(25)16(15)11-24/h2-3,5-8,10,12,16,18H,4,9,11H2,1H3,(H,26,27). The van der Waals surface area contributed by atoms with Crippen molar-refractivity contribution >= 4 is 11.8 Å². The van der Waals surface area contributed by atoms with Crippen molar-refractivity contribution in [3.05, 3.63) is 59.3 Å². The molecule has 2 aliphatic rings. The number of hydrogen-bond donors (Lipinski definition) is 1. The van der Waals surface area contributed by atoms with Crippen molar-refractivity contribution in [2.45, 2.75) is 32.0 Å². The van der Waals surface area contributed by atoms with Gasteiger partial charge in [0.05, 0.1) is 17.8 Å². The molecule has 1 heterocycles. The Labute approximate surface area is 155 Å². The van der Waals surface area contributed by atoms with Crippen LogP contribution >= 0.6 is 0 Å². The molecule has 144 valence electrons. The lowest BCUT2D eigenvalue weighted by atomic mass is 9.86. The van der Waals surface area contributed by atoms with Crippen LogP contribution in [0.3, 0.4) is 0 Å². The molecule has 0 aromatic heterocycles. The number of alkyl halides is 3. The van der Waals surface area contributed by atoms with Gasteiger partial charge in [0.25, 0.3) is 0 Å². The predicted octanol–water partition coefficient (Wildman–Crippen LogP) is 3.90. The van der Waals surface area contributed by atoms with Gasteiger partial charge in [-0.25, -0.2) is 0 Å².